The Morgan fingerprint density at radius 1 is 0.682 bits per heavy atom. The van der Waals surface area contributed by atoms with Gasteiger partial charge in [0.15, 0.2) is 0 Å². The highest BCUT2D eigenvalue weighted by Gasteiger charge is 2.00. The topological polar surface area (TPSA) is 35.0 Å². The summed E-state index contributed by atoms with van der Waals surface area (Å²) in [5.74, 6) is 0. The van der Waals surface area contributed by atoms with Gasteiger partial charge < -0.3 is 6.15 Å². The lowest BCUT2D eigenvalue weighted by atomic mass is 9.99. The second-order valence-electron chi connectivity index (χ2n) is 5.86. The number of hydrogen-bond donors (Lipinski definition) is 1. The van der Waals surface area contributed by atoms with E-state index in [2.05, 4.69) is 49.4 Å². The normalized spacial score (nSPS) is 10.0. The molecule has 0 radical (unpaired) electrons. The largest absolute Gasteiger partial charge is 0.344 e. The zero-order valence-electron chi connectivity index (χ0n) is 13.6. The highest BCUT2D eigenvalue weighted by molar-refractivity contribution is 5.85. The van der Waals surface area contributed by atoms with Crippen LogP contribution in [-0.4, -0.2) is 0 Å². The summed E-state index contributed by atoms with van der Waals surface area (Å²) in [5.41, 5.74) is 1.52. The summed E-state index contributed by atoms with van der Waals surface area (Å²) >= 11 is 0. The Morgan fingerprint density at radius 2 is 1.27 bits per heavy atom. The molecule has 0 unspecified atom stereocenters. The lowest BCUT2D eigenvalue weighted by molar-refractivity contribution is 0.576. The van der Waals surface area contributed by atoms with Gasteiger partial charge in [-0.25, -0.2) is 0 Å². The van der Waals surface area contributed by atoms with E-state index in [-0.39, 0.29) is 13.6 Å². The molecule has 1 heteroatoms. The maximum absolute atomic E-state index is 2.30. The molecule has 22 heavy (non-hydrogen) atoms. The number of aryl methyl sites for hydroxylation is 1. The molecule has 0 bridgehead atoms. The lowest BCUT2D eigenvalue weighted by Gasteiger charge is -2.06. The zero-order chi connectivity index (χ0) is 14.0. The highest BCUT2D eigenvalue weighted by Crippen LogP contribution is 2.20. The maximum atomic E-state index is 2.30. The molecule has 124 valence electrons. The van der Waals surface area contributed by atoms with Gasteiger partial charge >= 0.3 is 0 Å². The van der Waals surface area contributed by atoms with Gasteiger partial charge in [-0.2, -0.15) is 0 Å². The van der Waals surface area contributed by atoms with Crippen molar-refractivity contribution in [3.63, 3.8) is 0 Å². The summed E-state index contributed by atoms with van der Waals surface area (Å²) in [6.45, 7) is 2.28. The van der Waals surface area contributed by atoms with Crippen LogP contribution in [0.25, 0.3) is 10.8 Å². The SMILES string of the molecule is C.CCCCCCCCCCc1cccc2ccccc12.N. The second-order valence-corrected chi connectivity index (χ2v) is 5.86. The third kappa shape index (κ3) is 6.62. The third-order valence-corrected chi connectivity index (χ3v) is 4.18. The van der Waals surface area contributed by atoms with Crippen LogP contribution in [0.3, 0.4) is 0 Å². The number of benzene rings is 2. The molecule has 2 aromatic rings. The molecular formula is C21H35N. The molecule has 0 fully saturated rings. The van der Waals surface area contributed by atoms with Crippen LogP contribution in [0.5, 0.6) is 0 Å². The van der Waals surface area contributed by atoms with E-state index in [4.69, 9.17) is 0 Å². The predicted octanol–water partition coefficient (Wildman–Crippen LogP) is 7.32. The second kappa shape index (κ2) is 12.2. The summed E-state index contributed by atoms with van der Waals surface area (Å²) in [7, 11) is 0. The minimum atomic E-state index is 0. The first kappa shape index (κ1) is 20.7. The van der Waals surface area contributed by atoms with Crippen LogP contribution in [0.4, 0.5) is 0 Å². The van der Waals surface area contributed by atoms with Crippen molar-refractivity contribution in [3.8, 4) is 0 Å². The summed E-state index contributed by atoms with van der Waals surface area (Å²) in [5, 5.41) is 2.82. The molecule has 0 amide bonds. The van der Waals surface area contributed by atoms with Crippen molar-refractivity contribution < 1.29 is 0 Å². The quantitative estimate of drug-likeness (QED) is 0.484. The molecule has 2 aromatic carbocycles. The van der Waals surface area contributed by atoms with Gasteiger partial charge in [0.2, 0.25) is 0 Å². The van der Waals surface area contributed by atoms with Crippen LogP contribution >= 0.6 is 0 Å². The molecule has 2 rings (SSSR count). The Labute approximate surface area is 137 Å². The molecule has 0 saturated carbocycles. The molecule has 0 saturated heterocycles. The fraction of sp³-hybridized carbons (Fsp3) is 0.524. The van der Waals surface area contributed by atoms with Crippen LogP contribution in [0.15, 0.2) is 42.5 Å². The third-order valence-electron chi connectivity index (χ3n) is 4.18. The first-order valence-corrected chi connectivity index (χ1v) is 8.38. The van der Waals surface area contributed by atoms with Gasteiger partial charge in [0.25, 0.3) is 0 Å². The Morgan fingerprint density at radius 3 is 2.00 bits per heavy atom. The van der Waals surface area contributed by atoms with E-state index >= 15 is 0 Å². The van der Waals surface area contributed by atoms with E-state index in [0.29, 0.717) is 0 Å². The van der Waals surface area contributed by atoms with Gasteiger partial charge in [0, 0.05) is 0 Å². The minimum Gasteiger partial charge on any atom is -0.344 e. The molecule has 0 spiro atoms. The van der Waals surface area contributed by atoms with E-state index in [9.17, 15) is 0 Å². The van der Waals surface area contributed by atoms with E-state index in [0.717, 1.165) is 0 Å². The summed E-state index contributed by atoms with van der Waals surface area (Å²) in [6, 6.07) is 15.5. The van der Waals surface area contributed by atoms with Gasteiger partial charge in [0.1, 0.15) is 0 Å². The average molecular weight is 302 g/mol. The summed E-state index contributed by atoms with van der Waals surface area (Å²) in [6.07, 6.45) is 12.4. The van der Waals surface area contributed by atoms with Crippen molar-refractivity contribution in [2.75, 3.05) is 0 Å². The molecule has 0 aromatic heterocycles. The van der Waals surface area contributed by atoms with Gasteiger partial charge in [-0.3, -0.25) is 0 Å². The maximum Gasteiger partial charge on any atom is -0.0152 e. The van der Waals surface area contributed by atoms with Crippen LogP contribution in [0, 0.1) is 0 Å². The Kier molecular flexibility index (Phi) is 11.5. The van der Waals surface area contributed by atoms with Crippen molar-refractivity contribution in [1.29, 1.82) is 0 Å². The smallest absolute Gasteiger partial charge is 0.0152 e. The van der Waals surface area contributed by atoms with Crippen molar-refractivity contribution in [3.05, 3.63) is 48.0 Å². The predicted molar refractivity (Wildman–Crippen MR) is 102 cm³/mol. The highest BCUT2D eigenvalue weighted by atomic mass is 14.0. The Hall–Kier alpha value is -1.34. The van der Waals surface area contributed by atoms with E-state index in [1.807, 2.05) is 0 Å². The van der Waals surface area contributed by atoms with Gasteiger partial charge in [-0.05, 0) is 29.2 Å². The monoisotopic (exact) mass is 301 g/mol. The Balaban J connectivity index is 0.00000220. The molecule has 3 N–H and O–H groups in total. The molecular weight excluding hydrogens is 266 g/mol. The van der Waals surface area contributed by atoms with Crippen molar-refractivity contribution >= 4 is 10.8 Å². The number of rotatable bonds is 9. The molecule has 0 aliphatic rings. The fourth-order valence-electron chi connectivity index (χ4n) is 2.96. The molecule has 0 aliphatic heterocycles. The van der Waals surface area contributed by atoms with Crippen molar-refractivity contribution in [1.82, 2.24) is 6.15 Å². The average Bonchev–Trinajstić information content (AvgIpc) is 2.50. The minimum absolute atomic E-state index is 0. The van der Waals surface area contributed by atoms with Gasteiger partial charge in [-0.1, -0.05) is 102 Å². The molecule has 0 atom stereocenters. The molecule has 0 heterocycles. The number of unbranched alkanes of at least 4 members (excludes halogenated alkanes) is 7. The van der Waals surface area contributed by atoms with Crippen LogP contribution in [0.2, 0.25) is 0 Å². The first-order chi connectivity index (χ1) is 9.92. The molecule has 0 aliphatic carbocycles. The van der Waals surface area contributed by atoms with Gasteiger partial charge in [-0.15, -0.1) is 0 Å². The lowest BCUT2D eigenvalue weighted by Crippen LogP contribution is -1.88. The van der Waals surface area contributed by atoms with Crippen molar-refractivity contribution in [2.24, 2.45) is 0 Å². The first-order valence-electron chi connectivity index (χ1n) is 8.38. The van der Waals surface area contributed by atoms with Crippen LogP contribution in [-0.2, 0) is 6.42 Å². The summed E-state index contributed by atoms with van der Waals surface area (Å²) in [4.78, 5) is 0. The fourth-order valence-corrected chi connectivity index (χ4v) is 2.96. The summed E-state index contributed by atoms with van der Waals surface area (Å²) < 4.78 is 0. The number of hydrogen-bond acceptors (Lipinski definition) is 1. The van der Waals surface area contributed by atoms with E-state index < -0.39 is 0 Å². The zero-order valence-corrected chi connectivity index (χ0v) is 13.6. The standard InChI is InChI=1S/C20H28.CH4.H3N/c1-2-3-4-5-6-7-8-9-13-18-15-12-16-19-14-10-11-17-20(18)19;;/h10-12,14-17H,2-9,13H2,1H3;1H4;1H3. The number of fused-ring (bicyclic) bond motifs is 1. The van der Waals surface area contributed by atoms with Crippen molar-refractivity contribution in [2.45, 2.75) is 72.1 Å². The van der Waals surface area contributed by atoms with E-state index in [1.165, 1.54) is 74.1 Å². The Bertz CT molecular complexity index is 499. The van der Waals surface area contributed by atoms with Crippen LogP contribution in [0.1, 0.15) is 71.3 Å². The van der Waals surface area contributed by atoms with E-state index in [1.54, 1.807) is 0 Å². The van der Waals surface area contributed by atoms with Gasteiger partial charge in [0.05, 0.1) is 0 Å². The van der Waals surface area contributed by atoms with Crippen LogP contribution < -0.4 is 6.15 Å². The molecule has 1 nitrogen and oxygen atoms in total.